The van der Waals surface area contributed by atoms with Crippen LogP contribution in [0.1, 0.15) is 24.1 Å². The summed E-state index contributed by atoms with van der Waals surface area (Å²) in [5, 5.41) is 0.561. The largest absolute Gasteiger partial charge is 0.339 e. The molecule has 29 heavy (non-hydrogen) atoms. The second-order valence-electron chi connectivity index (χ2n) is 7.16. The predicted molar refractivity (Wildman–Crippen MR) is 108 cm³/mol. The van der Waals surface area contributed by atoms with Crippen LogP contribution >= 0.6 is 0 Å². The highest BCUT2D eigenvalue weighted by Crippen LogP contribution is 2.23. The van der Waals surface area contributed by atoms with E-state index in [1.165, 1.54) is 18.2 Å². The molecular weight excluding hydrogens is 374 g/mol. The number of benzene rings is 2. The molecule has 0 radical (unpaired) electrons. The summed E-state index contributed by atoms with van der Waals surface area (Å²) >= 11 is 0. The molecule has 1 aromatic heterocycles. The molecule has 0 unspecified atom stereocenters. The summed E-state index contributed by atoms with van der Waals surface area (Å²) in [5.41, 5.74) is 2.01. The van der Waals surface area contributed by atoms with Gasteiger partial charge < -0.3 is 9.88 Å². The molecule has 148 valence electrons. The van der Waals surface area contributed by atoms with Crippen molar-refractivity contribution in [1.29, 1.82) is 0 Å². The first-order valence-electron chi connectivity index (χ1n) is 9.54. The summed E-state index contributed by atoms with van der Waals surface area (Å²) in [4.78, 5) is 29.1. The van der Waals surface area contributed by atoms with Gasteiger partial charge in [-0.25, -0.2) is 8.78 Å². The summed E-state index contributed by atoms with van der Waals surface area (Å²) in [5.74, 6) is -0.841. The van der Waals surface area contributed by atoms with Gasteiger partial charge in [-0.05, 0) is 53.6 Å². The Kier molecular flexibility index (Phi) is 5.25. The molecule has 0 saturated carbocycles. The molecule has 3 aromatic rings. The van der Waals surface area contributed by atoms with E-state index in [9.17, 15) is 18.4 Å². The smallest absolute Gasteiger partial charge is 0.258 e. The minimum absolute atomic E-state index is 0.0141. The fraction of sp³-hybridized carbons (Fsp3) is 0.217. The first kappa shape index (κ1) is 19.1. The number of aryl methyl sites for hydroxylation is 1. The van der Waals surface area contributed by atoms with E-state index < -0.39 is 11.4 Å². The molecule has 0 spiro atoms. The standard InChI is InChI=1S/C23H20F2N2O2/c24-18-5-1-3-16(13-18)15-9-11-27(12-10-15)21(28)8-7-19-14-17-4-2-6-20(25)22(17)23(29)26-19/h1-6,9,13-14H,7-8,10-12H2,(H,26,29). The van der Waals surface area contributed by atoms with Crippen molar-refractivity contribution in [2.45, 2.75) is 19.3 Å². The third kappa shape index (κ3) is 4.11. The molecule has 1 amide bonds. The van der Waals surface area contributed by atoms with Gasteiger partial charge >= 0.3 is 0 Å². The van der Waals surface area contributed by atoms with Crippen LogP contribution in [0.2, 0.25) is 0 Å². The molecule has 1 N–H and O–H groups in total. The van der Waals surface area contributed by atoms with E-state index in [1.54, 1.807) is 29.2 Å². The van der Waals surface area contributed by atoms with Crippen molar-refractivity contribution < 1.29 is 13.6 Å². The molecule has 4 nitrogen and oxygen atoms in total. The maximum Gasteiger partial charge on any atom is 0.258 e. The number of hydrogen-bond acceptors (Lipinski definition) is 2. The van der Waals surface area contributed by atoms with E-state index in [-0.39, 0.29) is 23.5 Å². The lowest BCUT2D eigenvalue weighted by Crippen LogP contribution is -2.34. The van der Waals surface area contributed by atoms with Gasteiger partial charge in [0.05, 0.1) is 5.39 Å². The Bertz CT molecular complexity index is 1170. The first-order chi connectivity index (χ1) is 14.0. The fourth-order valence-electron chi connectivity index (χ4n) is 3.71. The third-order valence-electron chi connectivity index (χ3n) is 5.24. The maximum absolute atomic E-state index is 13.8. The van der Waals surface area contributed by atoms with Gasteiger partial charge in [-0.2, -0.15) is 0 Å². The number of nitrogens with zero attached hydrogens (tertiary/aromatic N) is 1. The molecule has 1 aliphatic rings. The van der Waals surface area contributed by atoms with Crippen LogP contribution in [0.4, 0.5) is 8.78 Å². The lowest BCUT2D eigenvalue weighted by atomic mass is 9.99. The molecule has 1 aliphatic heterocycles. The van der Waals surface area contributed by atoms with Gasteiger partial charge in [0.2, 0.25) is 5.91 Å². The van der Waals surface area contributed by atoms with Crippen LogP contribution in [-0.4, -0.2) is 28.9 Å². The first-order valence-corrected chi connectivity index (χ1v) is 9.54. The Hall–Kier alpha value is -3.28. The van der Waals surface area contributed by atoms with Crippen molar-refractivity contribution in [3.8, 4) is 0 Å². The van der Waals surface area contributed by atoms with Crippen LogP contribution in [0.15, 0.2) is 59.4 Å². The molecule has 4 rings (SSSR count). The number of fused-ring (bicyclic) bond motifs is 1. The van der Waals surface area contributed by atoms with Crippen molar-refractivity contribution in [2.75, 3.05) is 13.1 Å². The Morgan fingerprint density at radius 3 is 2.69 bits per heavy atom. The molecule has 0 fully saturated rings. The van der Waals surface area contributed by atoms with E-state index in [1.807, 2.05) is 12.1 Å². The second kappa shape index (κ2) is 7.99. The molecule has 2 aromatic carbocycles. The highest BCUT2D eigenvalue weighted by molar-refractivity contribution is 5.83. The van der Waals surface area contributed by atoms with E-state index in [0.29, 0.717) is 37.0 Å². The highest BCUT2D eigenvalue weighted by atomic mass is 19.1. The molecule has 0 atom stereocenters. The number of aromatic nitrogens is 1. The van der Waals surface area contributed by atoms with Crippen LogP contribution in [0.3, 0.4) is 0 Å². The van der Waals surface area contributed by atoms with Crippen molar-refractivity contribution >= 4 is 22.3 Å². The molecule has 0 bridgehead atoms. The van der Waals surface area contributed by atoms with E-state index in [4.69, 9.17) is 0 Å². The summed E-state index contributed by atoms with van der Waals surface area (Å²) in [6.07, 6.45) is 3.25. The monoisotopic (exact) mass is 394 g/mol. The van der Waals surface area contributed by atoms with Crippen LogP contribution in [-0.2, 0) is 11.2 Å². The Labute approximate surface area is 166 Å². The van der Waals surface area contributed by atoms with Crippen LogP contribution in [0.5, 0.6) is 0 Å². The number of aromatic amines is 1. The number of hydrogen-bond donors (Lipinski definition) is 1. The summed E-state index contributed by atoms with van der Waals surface area (Å²) in [6.45, 7) is 1.05. The zero-order valence-corrected chi connectivity index (χ0v) is 15.8. The number of carbonyl (C=O) groups is 1. The molecule has 2 heterocycles. The average Bonchev–Trinajstić information content (AvgIpc) is 2.72. The van der Waals surface area contributed by atoms with E-state index in [0.717, 1.165) is 11.1 Å². The summed E-state index contributed by atoms with van der Waals surface area (Å²) < 4.78 is 27.2. The molecular formula is C23H20F2N2O2. The number of carbonyl (C=O) groups excluding carboxylic acids is 1. The number of H-pyrrole nitrogens is 1. The van der Waals surface area contributed by atoms with Gasteiger partial charge in [0.1, 0.15) is 11.6 Å². The summed E-state index contributed by atoms with van der Waals surface area (Å²) in [6, 6.07) is 12.7. The van der Waals surface area contributed by atoms with Crippen LogP contribution < -0.4 is 5.56 Å². The van der Waals surface area contributed by atoms with Gasteiger partial charge in [0.15, 0.2) is 0 Å². The van der Waals surface area contributed by atoms with E-state index in [2.05, 4.69) is 4.98 Å². The minimum atomic E-state index is -0.555. The van der Waals surface area contributed by atoms with Gasteiger partial charge in [0, 0.05) is 25.2 Å². The van der Waals surface area contributed by atoms with Crippen molar-refractivity contribution in [3.63, 3.8) is 0 Å². The SMILES string of the molecule is O=C(CCc1cc2cccc(F)c2c(=O)[nH]1)N1CC=C(c2cccc(F)c2)CC1. The van der Waals surface area contributed by atoms with Gasteiger partial charge in [-0.3, -0.25) is 9.59 Å². The Morgan fingerprint density at radius 2 is 1.93 bits per heavy atom. The molecule has 0 saturated heterocycles. The number of pyridine rings is 1. The number of rotatable bonds is 4. The normalized spacial score (nSPS) is 14.1. The molecule has 6 heteroatoms. The van der Waals surface area contributed by atoms with Gasteiger partial charge in [-0.1, -0.05) is 30.3 Å². The lowest BCUT2D eigenvalue weighted by Gasteiger charge is -2.27. The summed E-state index contributed by atoms with van der Waals surface area (Å²) in [7, 11) is 0. The van der Waals surface area contributed by atoms with Crippen LogP contribution in [0, 0.1) is 11.6 Å². The zero-order valence-electron chi connectivity index (χ0n) is 15.8. The Morgan fingerprint density at radius 1 is 1.10 bits per heavy atom. The average molecular weight is 394 g/mol. The predicted octanol–water partition coefficient (Wildman–Crippen LogP) is 4.05. The Balaban J connectivity index is 1.41. The van der Waals surface area contributed by atoms with Crippen molar-refractivity contribution in [2.24, 2.45) is 0 Å². The minimum Gasteiger partial charge on any atom is -0.339 e. The quantitative estimate of drug-likeness (QED) is 0.726. The number of nitrogens with one attached hydrogen (secondary N) is 1. The number of amides is 1. The van der Waals surface area contributed by atoms with E-state index >= 15 is 0 Å². The third-order valence-corrected chi connectivity index (χ3v) is 5.24. The lowest BCUT2D eigenvalue weighted by molar-refractivity contribution is -0.130. The van der Waals surface area contributed by atoms with Crippen LogP contribution in [0.25, 0.3) is 16.3 Å². The van der Waals surface area contributed by atoms with Gasteiger partial charge in [0.25, 0.3) is 5.56 Å². The second-order valence-corrected chi connectivity index (χ2v) is 7.16. The zero-order chi connectivity index (χ0) is 20.4. The maximum atomic E-state index is 13.8. The highest BCUT2D eigenvalue weighted by Gasteiger charge is 2.18. The van der Waals surface area contributed by atoms with Crippen molar-refractivity contribution in [1.82, 2.24) is 9.88 Å². The topological polar surface area (TPSA) is 53.2 Å². The van der Waals surface area contributed by atoms with Crippen molar-refractivity contribution in [3.05, 3.63) is 87.9 Å². The van der Waals surface area contributed by atoms with Gasteiger partial charge in [-0.15, -0.1) is 0 Å². The molecule has 0 aliphatic carbocycles. The fourth-order valence-corrected chi connectivity index (χ4v) is 3.71. The number of halogens is 2.